The summed E-state index contributed by atoms with van der Waals surface area (Å²) in [4.78, 5) is 10.5. The molecule has 0 aromatic rings. The van der Waals surface area contributed by atoms with Crippen molar-refractivity contribution in [3.8, 4) is 0 Å². The number of amides is 1. The summed E-state index contributed by atoms with van der Waals surface area (Å²) >= 11 is 0. The summed E-state index contributed by atoms with van der Waals surface area (Å²) in [6, 6.07) is 0. The maximum atomic E-state index is 10.5. The zero-order chi connectivity index (χ0) is 8.85. The molecule has 64 valence electrons. The Morgan fingerprint density at radius 3 is 2.55 bits per heavy atom. The summed E-state index contributed by atoms with van der Waals surface area (Å²) in [5.41, 5.74) is 0.496. The van der Waals surface area contributed by atoms with Crippen molar-refractivity contribution in [1.29, 1.82) is 5.41 Å². The van der Waals surface area contributed by atoms with Crippen molar-refractivity contribution in [3.05, 3.63) is 0 Å². The maximum Gasteiger partial charge on any atom is 0.407 e. The maximum absolute atomic E-state index is 10.5. The first-order chi connectivity index (χ1) is 5.07. The molecule has 0 aromatic carbocycles. The predicted molar refractivity (Wildman–Crippen MR) is 43.0 cm³/mol. The zero-order valence-corrected chi connectivity index (χ0v) is 7.10. The van der Waals surface area contributed by atoms with Crippen LogP contribution in [-0.2, 0) is 4.74 Å². The van der Waals surface area contributed by atoms with Crippen LogP contribution in [0, 0.1) is 11.3 Å². The third kappa shape index (κ3) is 4.36. The van der Waals surface area contributed by atoms with Crippen LogP contribution in [0.2, 0.25) is 0 Å². The van der Waals surface area contributed by atoms with Gasteiger partial charge in [0.05, 0.1) is 13.7 Å². The van der Waals surface area contributed by atoms with Crippen LogP contribution in [0.15, 0.2) is 0 Å². The molecule has 0 rings (SSSR count). The molecular weight excluding hydrogens is 144 g/mol. The van der Waals surface area contributed by atoms with E-state index < -0.39 is 6.09 Å². The third-order valence-corrected chi connectivity index (χ3v) is 1.31. The molecular formula is C7H14N2O2. The van der Waals surface area contributed by atoms with Gasteiger partial charge in [-0.3, -0.25) is 0 Å². The van der Waals surface area contributed by atoms with E-state index in [0.717, 1.165) is 0 Å². The van der Waals surface area contributed by atoms with E-state index in [4.69, 9.17) is 5.41 Å². The van der Waals surface area contributed by atoms with E-state index in [1.807, 2.05) is 13.8 Å². The minimum Gasteiger partial charge on any atom is -0.453 e. The van der Waals surface area contributed by atoms with Gasteiger partial charge >= 0.3 is 6.09 Å². The summed E-state index contributed by atoms with van der Waals surface area (Å²) < 4.78 is 4.33. The van der Waals surface area contributed by atoms with Gasteiger partial charge in [0, 0.05) is 5.71 Å². The standard InChI is InChI=1S/C7H14N2O2/c1-5(2)6(8)4-9-7(10)11-3/h5,8H,4H2,1-3H3,(H,9,10). The minimum atomic E-state index is -0.490. The van der Waals surface area contributed by atoms with Gasteiger partial charge in [-0.05, 0) is 5.92 Å². The van der Waals surface area contributed by atoms with Crippen molar-refractivity contribution < 1.29 is 9.53 Å². The Labute approximate surface area is 66.4 Å². The Bertz CT molecular complexity index is 155. The molecule has 2 N–H and O–H groups in total. The number of carbonyl (C=O) groups excluding carboxylic acids is 1. The molecule has 0 aromatic heterocycles. The van der Waals surface area contributed by atoms with Crippen LogP contribution in [0.3, 0.4) is 0 Å². The van der Waals surface area contributed by atoms with E-state index in [2.05, 4.69) is 10.1 Å². The number of hydrogen-bond donors (Lipinski definition) is 2. The Morgan fingerprint density at radius 2 is 2.18 bits per heavy atom. The first kappa shape index (κ1) is 9.94. The largest absolute Gasteiger partial charge is 0.453 e. The normalized spacial score (nSPS) is 9.45. The van der Waals surface area contributed by atoms with Crippen LogP contribution in [0.1, 0.15) is 13.8 Å². The lowest BCUT2D eigenvalue weighted by molar-refractivity contribution is 0.172. The molecule has 1 amide bonds. The van der Waals surface area contributed by atoms with Gasteiger partial charge in [-0.15, -0.1) is 0 Å². The van der Waals surface area contributed by atoms with Crippen molar-refractivity contribution >= 4 is 11.8 Å². The second-order valence-corrected chi connectivity index (χ2v) is 2.53. The first-order valence-electron chi connectivity index (χ1n) is 3.47. The molecule has 11 heavy (non-hydrogen) atoms. The molecule has 4 nitrogen and oxygen atoms in total. The van der Waals surface area contributed by atoms with Crippen molar-refractivity contribution in [3.63, 3.8) is 0 Å². The van der Waals surface area contributed by atoms with E-state index >= 15 is 0 Å². The van der Waals surface area contributed by atoms with Crippen LogP contribution in [0.25, 0.3) is 0 Å². The van der Waals surface area contributed by atoms with E-state index in [0.29, 0.717) is 5.71 Å². The number of methoxy groups -OCH3 is 1. The second kappa shape index (κ2) is 4.71. The Morgan fingerprint density at radius 1 is 1.64 bits per heavy atom. The Kier molecular flexibility index (Phi) is 4.26. The van der Waals surface area contributed by atoms with E-state index in [-0.39, 0.29) is 12.5 Å². The molecule has 0 heterocycles. The molecule has 0 bridgehead atoms. The SMILES string of the molecule is COC(=O)NCC(=N)C(C)C. The molecule has 4 heteroatoms. The molecule has 0 unspecified atom stereocenters. The van der Waals surface area contributed by atoms with Crippen LogP contribution in [0.5, 0.6) is 0 Å². The highest BCUT2D eigenvalue weighted by molar-refractivity contribution is 5.87. The molecule has 0 aliphatic rings. The van der Waals surface area contributed by atoms with Crippen molar-refractivity contribution in [2.45, 2.75) is 13.8 Å². The van der Waals surface area contributed by atoms with Gasteiger partial charge in [-0.25, -0.2) is 4.79 Å². The fraction of sp³-hybridized carbons (Fsp3) is 0.714. The molecule has 0 aliphatic heterocycles. The average Bonchev–Trinajstić information content (AvgIpc) is 1.99. The van der Waals surface area contributed by atoms with Gasteiger partial charge in [0.25, 0.3) is 0 Å². The molecule has 0 spiro atoms. The third-order valence-electron chi connectivity index (χ3n) is 1.31. The van der Waals surface area contributed by atoms with Crippen molar-refractivity contribution in [2.75, 3.05) is 13.7 Å². The fourth-order valence-corrected chi connectivity index (χ4v) is 0.444. The highest BCUT2D eigenvalue weighted by Crippen LogP contribution is 1.92. The fourth-order valence-electron chi connectivity index (χ4n) is 0.444. The highest BCUT2D eigenvalue weighted by atomic mass is 16.5. The monoisotopic (exact) mass is 158 g/mol. The number of ether oxygens (including phenoxy) is 1. The number of hydrogen-bond acceptors (Lipinski definition) is 3. The number of nitrogens with one attached hydrogen (secondary N) is 2. The lowest BCUT2D eigenvalue weighted by Gasteiger charge is -2.07. The quantitative estimate of drug-likeness (QED) is 0.602. The lowest BCUT2D eigenvalue weighted by Crippen LogP contribution is -2.30. The smallest absolute Gasteiger partial charge is 0.407 e. The lowest BCUT2D eigenvalue weighted by atomic mass is 10.1. The molecule has 0 saturated heterocycles. The Balaban J connectivity index is 3.54. The van der Waals surface area contributed by atoms with Crippen molar-refractivity contribution in [1.82, 2.24) is 5.32 Å². The summed E-state index contributed by atoms with van der Waals surface area (Å²) in [6.45, 7) is 4.08. The first-order valence-corrected chi connectivity index (χ1v) is 3.47. The molecule has 0 fully saturated rings. The van der Waals surface area contributed by atoms with Gasteiger partial charge < -0.3 is 15.5 Å². The summed E-state index contributed by atoms with van der Waals surface area (Å²) in [6.07, 6.45) is -0.490. The van der Waals surface area contributed by atoms with Gasteiger partial charge in [0.2, 0.25) is 0 Å². The molecule has 0 saturated carbocycles. The van der Waals surface area contributed by atoms with Crippen LogP contribution >= 0.6 is 0 Å². The van der Waals surface area contributed by atoms with Gasteiger partial charge in [0.15, 0.2) is 0 Å². The number of carbonyl (C=O) groups is 1. The van der Waals surface area contributed by atoms with Gasteiger partial charge in [-0.1, -0.05) is 13.8 Å². The van der Waals surface area contributed by atoms with Crippen molar-refractivity contribution in [2.24, 2.45) is 5.92 Å². The number of alkyl carbamates (subject to hydrolysis) is 1. The molecule has 0 radical (unpaired) electrons. The van der Waals surface area contributed by atoms with Crippen LogP contribution < -0.4 is 5.32 Å². The second-order valence-electron chi connectivity index (χ2n) is 2.53. The zero-order valence-electron chi connectivity index (χ0n) is 7.10. The van der Waals surface area contributed by atoms with E-state index in [9.17, 15) is 4.79 Å². The van der Waals surface area contributed by atoms with Crippen LogP contribution in [0.4, 0.5) is 4.79 Å². The molecule has 0 atom stereocenters. The highest BCUT2D eigenvalue weighted by Gasteiger charge is 2.04. The summed E-state index contributed by atoms with van der Waals surface area (Å²) in [5.74, 6) is 0.173. The summed E-state index contributed by atoms with van der Waals surface area (Å²) in [7, 11) is 1.30. The van der Waals surface area contributed by atoms with Gasteiger partial charge in [0.1, 0.15) is 0 Å². The topological polar surface area (TPSA) is 62.2 Å². The Hall–Kier alpha value is -1.06. The molecule has 0 aliphatic carbocycles. The predicted octanol–water partition coefficient (Wildman–Crippen LogP) is 1.02. The van der Waals surface area contributed by atoms with Crippen LogP contribution in [-0.4, -0.2) is 25.5 Å². The van der Waals surface area contributed by atoms with Gasteiger partial charge in [-0.2, -0.15) is 0 Å². The van der Waals surface area contributed by atoms with E-state index in [1.165, 1.54) is 7.11 Å². The summed E-state index contributed by atoms with van der Waals surface area (Å²) in [5, 5.41) is 9.77. The average molecular weight is 158 g/mol. The van der Waals surface area contributed by atoms with E-state index in [1.54, 1.807) is 0 Å². The minimum absolute atomic E-state index is 0.173. The number of rotatable bonds is 3.